The summed E-state index contributed by atoms with van der Waals surface area (Å²) < 4.78 is 41.9. The number of aromatic nitrogens is 2. The van der Waals surface area contributed by atoms with Crippen molar-refractivity contribution in [1.29, 1.82) is 0 Å². The van der Waals surface area contributed by atoms with Gasteiger partial charge in [-0.15, -0.1) is 11.3 Å². The van der Waals surface area contributed by atoms with Crippen molar-refractivity contribution in [3.63, 3.8) is 0 Å². The maximum absolute atomic E-state index is 12.6. The average Bonchev–Trinajstić information content (AvgIpc) is 2.94. The van der Waals surface area contributed by atoms with E-state index in [1.54, 1.807) is 0 Å². The van der Waals surface area contributed by atoms with Gasteiger partial charge in [0.1, 0.15) is 4.88 Å². The smallest absolute Gasteiger partial charge is 0.297 e. The summed E-state index contributed by atoms with van der Waals surface area (Å²) in [5.41, 5.74) is -0.0453. The number of amides is 1. The van der Waals surface area contributed by atoms with Crippen LogP contribution in [0, 0.1) is 0 Å². The van der Waals surface area contributed by atoms with Gasteiger partial charge in [-0.1, -0.05) is 0 Å². The Bertz CT molecular complexity index is 650. The van der Waals surface area contributed by atoms with Crippen LogP contribution in [-0.2, 0) is 11.0 Å². The molecule has 2 heterocycles. The highest BCUT2D eigenvalue weighted by Gasteiger charge is 2.34. The van der Waals surface area contributed by atoms with Crippen LogP contribution in [0.2, 0.25) is 0 Å². The van der Waals surface area contributed by atoms with Crippen LogP contribution in [0.1, 0.15) is 10.4 Å². The first-order valence-corrected chi connectivity index (χ1v) is 7.44. The van der Waals surface area contributed by atoms with Crippen molar-refractivity contribution in [3.05, 3.63) is 32.7 Å². The summed E-state index contributed by atoms with van der Waals surface area (Å²) >= 11 is 4.56. The van der Waals surface area contributed by atoms with Crippen molar-refractivity contribution in [2.75, 3.05) is 5.32 Å². The minimum absolute atomic E-state index is 0.0453. The van der Waals surface area contributed by atoms with E-state index in [-0.39, 0.29) is 10.7 Å². The fourth-order valence-corrected chi connectivity index (χ4v) is 2.99. The second-order valence-electron chi connectivity index (χ2n) is 3.39. The van der Waals surface area contributed by atoms with E-state index in [1.807, 2.05) is 0 Å². The van der Waals surface area contributed by atoms with Gasteiger partial charge >= 0.3 is 6.18 Å². The van der Waals surface area contributed by atoms with Gasteiger partial charge < -0.3 is 0 Å². The topological polar surface area (TPSA) is 54.9 Å². The highest BCUT2D eigenvalue weighted by molar-refractivity contribution is 9.10. The first kappa shape index (κ1) is 15.1. The van der Waals surface area contributed by atoms with E-state index in [9.17, 15) is 18.0 Å². The highest BCUT2D eigenvalue weighted by Crippen LogP contribution is 2.36. The van der Waals surface area contributed by atoms with Gasteiger partial charge in [-0.2, -0.15) is 22.5 Å². The summed E-state index contributed by atoms with van der Waals surface area (Å²) in [5.74, 6) is -0.576. The Hall–Kier alpha value is -1.26. The van der Waals surface area contributed by atoms with Gasteiger partial charge in [0, 0.05) is 17.6 Å². The average molecular weight is 384 g/mol. The van der Waals surface area contributed by atoms with Gasteiger partial charge in [-0.3, -0.25) is 10.1 Å². The molecule has 0 bridgehead atoms. The van der Waals surface area contributed by atoms with Crippen molar-refractivity contribution in [3.8, 4) is 0 Å². The summed E-state index contributed by atoms with van der Waals surface area (Å²) in [4.78, 5) is 14.6. The number of carbonyl (C=O) groups is 1. The molecule has 0 saturated carbocycles. The Morgan fingerprint density at radius 1 is 1.45 bits per heavy atom. The molecule has 1 N–H and O–H groups in total. The molecule has 0 aromatic carbocycles. The van der Waals surface area contributed by atoms with Crippen LogP contribution >= 0.6 is 38.8 Å². The fourth-order valence-electron chi connectivity index (χ4n) is 1.25. The maximum atomic E-state index is 12.6. The van der Waals surface area contributed by atoms with Crippen molar-refractivity contribution in [2.45, 2.75) is 6.18 Å². The molecule has 4 nitrogen and oxygen atoms in total. The Balaban J connectivity index is 2.06. The monoisotopic (exact) mass is 383 g/mol. The van der Waals surface area contributed by atoms with Crippen LogP contribution < -0.4 is 5.32 Å². The number of nitrogens with zero attached hydrogens (tertiary/aromatic N) is 2. The molecule has 0 aliphatic rings. The zero-order valence-corrected chi connectivity index (χ0v) is 12.7. The van der Waals surface area contributed by atoms with E-state index >= 15 is 0 Å². The maximum Gasteiger partial charge on any atom is 0.426 e. The predicted octanol–water partition coefficient (Wildman–Crippen LogP) is 4.03. The molecule has 2 aromatic rings. The van der Waals surface area contributed by atoms with E-state index < -0.39 is 17.0 Å². The number of hydrogen-bond acceptors (Lipinski definition) is 5. The number of carbonyl (C=O) groups excluding carboxylic acids is 1. The lowest BCUT2D eigenvalue weighted by molar-refractivity contribution is -0.134. The Morgan fingerprint density at radius 3 is 2.80 bits per heavy atom. The highest BCUT2D eigenvalue weighted by atomic mass is 79.9. The molecule has 20 heavy (non-hydrogen) atoms. The number of hydrogen-bond donors (Lipinski definition) is 1. The minimum atomic E-state index is -4.42. The quantitative estimate of drug-likeness (QED) is 0.813. The normalized spacial score (nSPS) is 12.0. The second kappa shape index (κ2) is 6.02. The number of anilines is 1. The van der Waals surface area contributed by atoms with Crippen LogP contribution in [0.15, 0.2) is 22.3 Å². The molecule has 0 saturated heterocycles. The lowest BCUT2D eigenvalue weighted by Gasteiger charge is -2.04. The second-order valence-corrected chi connectivity index (χ2v) is 5.77. The summed E-state index contributed by atoms with van der Waals surface area (Å²) in [6.45, 7) is 0. The van der Waals surface area contributed by atoms with E-state index in [1.165, 1.54) is 11.4 Å². The predicted molar refractivity (Wildman–Crippen MR) is 74.6 cm³/mol. The zero-order valence-electron chi connectivity index (χ0n) is 9.44. The Kier molecular flexibility index (Phi) is 4.55. The van der Waals surface area contributed by atoms with E-state index in [0.717, 1.165) is 23.7 Å². The number of nitrogens with one attached hydrogen (secondary N) is 1. The van der Waals surface area contributed by atoms with Crippen LogP contribution in [0.3, 0.4) is 0 Å². The van der Waals surface area contributed by atoms with Crippen LogP contribution in [0.4, 0.5) is 18.3 Å². The molecular formula is C10H5BrF3N3OS2. The largest absolute Gasteiger partial charge is 0.426 e. The first-order valence-electron chi connectivity index (χ1n) is 4.99. The van der Waals surface area contributed by atoms with Gasteiger partial charge in [0.25, 0.3) is 0 Å². The molecule has 0 atom stereocenters. The van der Waals surface area contributed by atoms with Crippen molar-refractivity contribution < 1.29 is 18.0 Å². The van der Waals surface area contributed by atoms with Crippen molar-refractivity contribution >= 4 is 55.9 Å². The summed E-state index contributed by atoms with van der Waals surface area (Å²) in [5, 5.41) is 3.97. The third kappa shape index (κ3) is 3.87. The Labute approximate surface area is 127 Å². The van der Waals surface area contributed by atoms with Crippen LogP contribution in [0.5, 0.6) is 0 Å². The minimum Gasteiger partial charge on any atom is -0.297 e. The number of thiophene rings is 1. The molecular weight excluding hydrogens is 379 g/mol. The summed E-state index contributed by atoms with van der Waals surface area (Å²) in [6, 6.07) is 1.30. The van der Waals surface area contributed by atoms with Gasteiger partial charge in [-0.25, -0.2) is 0 Å². The van der Waals surface area contributed by atoms with Crippen LogP contribution in [0.25, 0.3) is 6.08 Å². The van der Waals surface area contributed by atoms with E-state index in [0.29, 0.717) is 16.1 Å². The molecule has 2 aromatic heterocycles. The summed E-state index contributed by atoms with van der Waals surface area (Å²) in [6.07, 6.45) is -2.29. The molecule has 2 rings (SSSR count). The third-order valence-electron chi connectivity index (χ3n) is 2.00. The molecule has 0 aliphatic heterocycles. The molecule has 1 amide bonds. The molecule has 0 fully saturated rings. The Morgan fingerprint density at radius 2 is 2.20 bits per heavy atom. The summed E-state index contributed by atoms with van der Waals surface area (Å²) in [7, 11) is 0. The lowest BCUT2D eigenvalue weighted by Crippen LogP contribution is -2.08. The first-order chi connectivity index (χ1) is 9.36. The molecule has 0 unspecified atom stereocenters. The SMILES string of the molecule is O=C(/C=C/c1ccsc1C(F)(F)F)Nc1nc(Br)ns1. The fraction of sp³-hybridized carbons (Fsp3) is 0.100. The standard InChI is InChI=1S/C10H5BrF3N3OS2/c11-8-16-9(20-17-8)15-6(18)2-1-5-3-4-19-7(5)10(12,13)14/h1-4H,(H,15,16,17,18)/b2-1+. The van der Waals surface area contributed by atoms with Gasteiger partial charge in [0.05, 0.1) is 0 Å². The van der Waals surface area contributed by atoms with Gasteiger partial charge in [0.15, 0.2) is 0 Å². The molecule has 106 valence electrons. The third-order valence-corrected chi connectivity index (χ3v) is 4.19. The molecule has 10 heteroatoms. The zero-order chi connectivity index (χ0) is 14.8. The number of rotatable bonds is 3. The van der Waals surface area contributed by atoms with Crippen LogP contribution in [-0.4, -0.2) is 15.3 Å². The number of alkyl halides is 3. The van der Waals surface area contributed by atoms with Gasteiger partial charge in [-0.05, 0) is 39.0 Å². The van der Waals surface area contributed by atoms with E-state index in [2.05, 4.69) is 30.6 Å². The molecule has 0 radical (unpaired) electrons. The number of halogens is 4. The van der Waals surface area contributed by atoms with Gasteiger partial charge in [0.2, 0.25) is 15.8 Å². The lowest BCUT2D eigenvalue weighted by atomic mass is 10.2. The van der Waals surface area contributed by atoms with Crippen molar-refractivity contribution in [2.24, 2.45) is 0 Å². The van der Waals surface area contributed by atoms with E-state index in [4.69, 9.17) is 0 Å². The molecule has 0 aliphatic carbocycles. The van der Waals surface area contributed by atoms with Crippen molar-refractivity contribution in [1.82, 2.24) is 9.36 Å². The molecule has 0 spiro atoms.